The number of amides is 3. The molecule has 92 valence electrons. The first-order valence-electron chi connectivity index (χ1n) is 4.38. The van der Waals surface area contributed by atoms with E-state index in [1.165, 1.54) is 0 Å². The van der Waals surface area contributed by atoms with Gasteiger partial charge < -0.3 is 22.1 Å². The standard InChI is InChI=1S/C7H14N4O5/c8-3-5(12)11-4-6(13)10-1-2-15-16-7(9)14/h1-4,8H2,(H2,9,14)(H,10,13)(H,11,12). The van der Waals surface area contributed by atoms with Crippen LogP contribution in [0.1, 0.15) is 0 Å². The van der Waals surface area contributed by atoms with E-state index in [9.17, 15) is 14.4 Å². The smallest absolute Gasteiger partial charge is 0.352 e. The van der Waals surface area contributed by atoms with Gasteiger partial charge in [-0.2, -0.15) is 4.89 Å². The van der Waals surface area contributed by atoms with Gasteiger partial charge in [0, 0.05) is 6.54 Å². The van der Waals surface area contributed by atoms with Gasteiger partial charge in [0.15, 0.2) is 0 Å². The number of nitrogens with one attached hydrogen (secondary N) is 2. The van der Waals surface area contributed by atoms with E-state index in [-0.39, 0.29) is 26.2 Å². The zero-order chi connectivity index (χ0) is 12.4. The topological polar surface area (TPSA) is 146 Å². The maximum absolute atomic E-state index is 11.0. The minimum atomic E-state index is -1.07. The summed E-state index contributed by atoms with van der Waals surface area (Å²) in [5.74, 6) is -0.840. The zero-order valence-corrected chi connectivity index (χ0v) is 8.52. The van der Waals surface area contributed by atoms with E-state index in [0.717, 1.165) is 0 Å². The van der Waals surface area contributed by atoms with E-state index < -0.39 is 17.9 Å². The minimum absolute atomic E-state index is 0.0421. The molecule has 0 aromatic rings. The first-order valence-corrected chi connectivity index (χ1v) is 4.38. The van der Waals surface area contributed by atoms with Gasteiger partial charge in [-0.1, -0.05) is 0 Å². The molecule has 0 bridgehead atoms. The highest BCUT2D eigenvalue weighted by molar-refractivity contribution is 5.85. The Bertz CT molecular complexity index is 257. The van der Waals surface area contributed by atoms with Crippen molar-refractivity contribution in [2.24, 2.45) is 11.5 Å². The largest absolute Gasteiger partial charge is 0.436 e. The number of primary amides is 1. The number of carbonyl (C=O) groups excluding carboxylic acids is 3. The van der Waals surface area contributed by atoms with Gasteiger partial charge in [-0.15, -0.1) is 0 Å². The Labute approximate surface area is 91.3 Å². The number of hydrogen-bond acceptors (Lipinski definition) is 6. The Hall–Kier alpha value is -1.87. The second kappa shape index (κ2) is 8.44. The molecule has 9 nitrogen and oxygen atoms in total. The molecule has 0 saturated heterocycles. The van der Waals surface area contributed by atoms with Crippen LogP contribution >= 0.6 is 0 Å². The molecule has 0 aliphatic heterocycles. The van der Waals surface area contributed by atoms with Crippen molar-refractivity contribution >= 4 is 17.9 Å². The van der Waals surface area contributed by atoms with Gasteiger partial charge in [0.25, 0.3) is 0 Å². The van der Waals surface area contributed by atoms with Crippen molar-refractivity contribution in [1.29, 1.82) is 0 Å². The number of nitrogens with two attached hydrogens (primary N) is 2. The van der Waals surface area contributed by atoms with Gasteiger partial charge in [-0.3, -0.25) is 14.5 Å². The molecular formula is C7H14N4O5. The molecule has 0 rings (SSSR count). The molecule has 0 aromatic carbocycles. The third kappa shape index (κ3) is 8.72. The van der Waals surface area contributed by atoms with Crippen LogP contribution in [-0.4, -0.2) is 44.1 Å². The fourth-order valence-electron chi connectivity index (χ4n) is 0.645. The van der Waals surface area contributed by atoms with Crippen LogP contribution in [0.4, 0.5) is 4.79 Å². The van der Waals surface area contributed by atoms with Crippen molar-refractivity contribution in [2.75, 3.05) is 26.2 Å². The molecule has 0 aromatic heterocycles. The number of carbonyl (C=O) groups is 3. The Morgan fingerprint density at radius 3 is 2.38 bits per heavy atom. The summed E-state index contributed by atoms with van der Waals surface area (Å²) in [6.07, 6.45) is -1.07. The van der Waals surface area contributed by atoms with Crippen LogP contribution in [0.5, 0.6) is 0 Å². The highest BCUT2D eigenvalue weighted by atomic mass is 17.2. The summed E-state index contributed by atoms with van der Waals surface area (Å²) in [5, 5.41) is 4.65. The predicted octanol–water partition coefficient (Wildman–Crippen LogP) is -2.80. The maximum atomic E-state index is 11.0. The molecule has 0 saturated carbocycles. The summed E-state index contributed by atoms with van der Waals surface area (Å²) in [4.78, 5) is 39.9. The average molecular weight is 234 g/mol. The third-order valence-corrected chi connectivity index (χ3v) is 1.28. The monoisotopic (exact) mass is 234 g/mol. The van der Waals surface area contributed by atoms with Crippen LogP contribution in [0.2, 0.25) is 0 Å². The Kier molecular flexibility index (Phi) is 7.45. The van der Waals surface area contributed by atoms with Gasteiger partial charge in [0.1, 0.15) is 6.61 Å². The lowest BCUT2D eigenvalue weighted by molar-refractivity contribution is -0.234. The highest BCUT2D eigenvalue weighted by Gasteiger charge is 2.03. The molecule has 0 radical (unpaired) electrons. The molecule has 0 unspecified atom stereocenters. The summed E-state index contributed by atoms with van der Waals surface area (Å²) in [6, 6.07) is 0. The predicted molar refractivity (Wildman–Crippen MR) is 51.7 cm³/mol. The molecule has 0 aliphatic rings. The van der Waals surface area contributed by atoms with Gasteiger partial charge >= 0.3 is 6.09 Å². The molecule has 9 heteroatoms. The first-order chi connectivity index (χ1) is 7.56. The van der Waals surface area contributed by atoms with E-state index in [2.05, 4.69) is 26.1 Å². The molecule has 3 amide bonds. The van der Waals surface area contributed by atoms with E-state index in [1.807, 2.05) is 0 Å². The highest BCUT2D eigenvalue weighted by Crippen LogP contribution is 1.76. The summed E-state index contributed by atoms with van der Waals surface area (Å²) in [7, 11) is 0. The van der Waals surface area contributed by atoms with Crippen LogP contribution in [0.3, 0.4) is 0 Å². The average Bonchev–Trinajstić information content (AvgIpc) is 2.24. The fourth-order valence-corrected chi connectivity index (χ4v) is 0.645. The number of rotatable bonds is 7. The molecule has 0 heterocycles. The summed E-state index contributed by atoms with van der Waals surface area (Å²) >= 11 is 0. The lowest BCUT2D eigenvalue weighted by atomic mass is 10.5. The van der Waals surface area contributed by atoms with E-state index in [1.54, 1.807) is 0 Å². The summed E-state index contributed by atoms with van der Waals surface area (Å²) < 4.78 is 0. The van der Waals surface area contributed by atoms with Crippen molar-refractivity contribution in [3.63, 3.8) is 0 Å². The van der Waals surface area contributed by atoms with Crippen molar-refractivity contribution in [1.82, 2.24) is 10.6 Å². The van der Waals surface area contributed by atoms with Crippen LogP contribution < -0.4 is 22.1 Å². The zero-order valence-electron chi connectivity index (χ0n) is 8.52. The van der Waals surface area contributed by atoms with Crippen LogP contribution in [0.15, 0.2) is 0 Å². The maximum Gasteiger partial charge on any atom is 0.436 e. The molecule has 16 heavy (non-hydrogen) atoms. The van der Waals surface area contributed by atoms with Crippen molar-refractivity contribution in [3.05, 3.63) is 0 Å². The van der Waals surface area contributed by atoms with Gasteiger partial charge in [-0.25, -0.2) is 4.79 Å². The Morgan fingerprint density at radius 1 is 1.12 bits per heavy atom. The molecule has 0 atom stereocenters. The van der Waals surface area contributed by atoms with E-state index >= 15 is 0 Å². The van der Waals surface area contributed by atoms with Crippen molar-refractivity contribution < 1.29 is 24.2 Å². The lowest BCUT2D eigenvalue weighted by Gasteiger charge is -2.05. The quantitative estimate of drug-likeness (QED) is 0.213. The Morgan fingerprint density at radius 2 is 1.81 bits per heavy atom. The summed E-state index contributed by atoms with van der Waals surface area (Å²) in [6.45, 7) is -0.278. The van der Waals surface area contributed by atoms with Gasteiger partial charge in [0.2, 0.25) is 11.8 Å². The lowest BCUT2D eigenvalue weighted by Crippen LogP contribution is -2.40. The molecule has 0 aliphatic carbocycles. The first kappa shape index (κ1) is 14.1. The van der Waals surface area contributed by atoms with Gasteiger partial charge in [0.05, 0.1) is 13.1 Å². The number of hydrogen-bond donors (Lipinski definition) is 4. The van der Waals surface area contributed by atoms with Gasteiger partial charge in [-0.05, 0) is 0 Å². The second-order valence-electron chi connectivity index (χ2n) is 2.56. The van der Waals surface area contributed by atoms with Crippen molar-refractivity contribution in [2.45, 2.75) is 0 Å². The normalized spacial score (nSPS) is 9.31. The van der Waals surface area contributed by atoms with Crippen LogP contribution in [-0.2, 0) is 19.4 Å². The molecule has 6 N–H and O–H groups in total. The second-order valence-corrected chi connectivity index (χ2v) is 2.56. The van der Waals surface area contributed by atoms with Crippen molar-refractivity contribution in [3.8, 4) is 0 Å². The molecule has 0 fully saturated rings. The van der Waals surface area contributed by atoms with E-state index in [0.29, 0.717) is 0 Å². The SMILES string of the molecule is NCC(=O)NCC(=O)NCCOOC(N)=O. The Balaban J connectivity index is 3.37. The summed E-state index contributed by atoms with van der Waals surface area (Å²) in [5.41, 5.74) is 9.60. The minimum Gasteiger partial charge on any atom is -0.352 e. The fraction of sp³-hybridized carbons (Fsp3) is 0.571. The molecule has 0 spiro atoms. The van der Waals surface area contributed by atoms with Crippen LogP contribution in [0, 0.1) is 0 Å². The van der Waals surface area contributed by atoms with E-state index in [4.69, 9.17) is 5.73 Å². The third-order valence-electron chi connectivity index (χ3n) is 1.28. The molecular weight excluding hydrogens is 220 g/mol. The van der Waals surface area contributed by atoms with Crippen LogP contribution in [0.25, 0.3) is 0 Å².